The summed E-state index contributed by atoms with van der Waals surface area (Å²) in [5, 5.41) is 12.4. The van der Waals surface area contributed by atoms with Gasteiger partial charge in [0.1, 0.15) is 24.6 Å². The fourth-order valence-electron chi connectivity index (χ4n) is 5.86. The second kappa shape index (κ2) is 8.02. The molecule has 2 aromatic carbocycles. The summed E-state index contributed by atoms with van der Waals surface area (Å²) in [6.45, 7) is 0.735. The molecule has 0 spiro atoms. The standard InChI is InChI=1S/C26H20F2N4O6/c27-15-5-4-13-19(20(15)28)25(35)30-9-11-38-17-3-1-2-14(22(17)30)21(13)32-18-12-37-10-8-29(18)26(36)23-24(34)16(33)6-7-31(23)32/h1-7,18,21,34H,8-12H2/t18-,21+/m1/s1. The monoisotopic (exact) mass is 522 g/mol. The Labute approximate surface area is 213 Å². The van der Waals surface area contributed by atoms with Gasteiger partial charge in [0.05, 0.1) is 31.0 Å². The molecule has 1 fully saturated rings. The third-order valence-corrected chi connectivity index (χ3v) is 7.49. The van der Waals surface area contributed by atoms with Crippen molar-refractivity contribution in [2.45, 2.75) is 12.2 Å². The number of aromatic nitrogens is 1. The predicted octanol–water partition coefficient (Wildman–Crippen LogP) is 1.72. The number of carbonyl (C=O) groups is 2. The number of carbonyl (C=O) groups excluding carboxylic acids is 2. The number of ether oxygens (including phenoxy) is 2. The zero-order valence-electron chi connectivity index (χ0n) is 19.8. The van der Waals surface area contributed by atoms with E-state index in [1.165, 1.54) is 26.7 Å². The zero-order chi connectivity index (χ0) is 26.3. The molecule has 4 aliphatic heterocycles. The second-order valence-electron chi connectivity index (χ2n) is 9.38. The van der Waals surface area contributed by atoms with E-state index in [4.69, 9.17) is 9.47 Å². The van der Waals surface area contributed by atoms with Crippen molar-refractivity contribution in [3.8, 4) is 11.5 Å². The van der Waals surface area contributed by atoms with Gasteiger partial charge in [-0.3, -0.25) is 24.1 Å². The van der Waals surface area contributed by atoms with Crippen LogP contribution in [0, 0.1) is 11.6 Å². The summed E-state index contributed by atoms with van der Waals surface area (Å²) < 4.78 is 42.9. The SMILES string of the molecule is O=C1c2c(ccc(F)c2F)[C@H](N2[C@@H]3COCCN3C(=O)c3c(O)c(=O)ccn32)c2cccc3c2N1CCO3. The molecule has 2 amide bonds. The van der Waals surface area contributed by atoms with Crippen LogP contribution in [-0.2, 0) is 4.74 Å². The fourth-order valence-corrected chi connectivity index (χ4v) is 5.86. The van der Waals surface area contributed by atoms with Crippen LogP contribution in [0.25, 0.3) is 0 Å². The van der Waals surface area contributed by atoms with Crippen LogP contribution in [0.5, 0.6) is 11.5 Å². The van der Waals surface area contributed by atoms with Crippen molar-refractivity contribution in [3.05, 3.63) is 86.8 Å². The van der Waals surface area contributed by atoms with Gasteiger partial charge in [-0.15, -0.1) is 0 Å². The quantitative estimate of drug-likeness (QED) is 0.519. The molecule has 3 aromatic rings. The van der Waals surface area contributed by atoms with Gasteiger partial charge in [0, 0.05) is 24.4 Å². The van der Waals surface area contributed by atoms with Gasteiger partial charge in [-0.25, -0.2) is 8.78 Å². The Morgan fingerprint density at radius 2 is 1.79 bits per heavy atom. The molecular formula is C26H20F2N4O6. The van der Waals surface area contributed by atoms with Crippen LogP contribution in [0.4, 0.5) is 14.5 Å². The van der Waals surface area contributed by atoms with E-state index in [1.807, 2.05) is 0 Å². The topological polar surface area (TPSA) is 105 Å². The van der Waals surface area contributed by atoms with Crippen molar-refractivity contribution in [2.24, 2.45) is 0 Å². The summed E-state index contributed by atoms with van der Waals surface area (Å²) in [6.07, 6.45) is 0.579. The molecule has 1 aromatic heterocycles. The number of benzene rings is 2. The largest absolute Gasteiger partial charge is 0.502 e. The number of amides is 2. The number of morpholine rings is 1. The molecule has 0 bridgehead atoms. The molecular weight excluding hydrogens is 502 g/mol. The highest BCUT2D eigenvalue weighted by atomic mass is 19.2. The first-order valence-corrected chi connectivity index (χ1v) is 12.1. The molecule has 194 valence electrons. The molecule has 38 heavy (non-hydrogen) atoms. The maximum atomic E-state index is 15.5. The Balaban J connectivity index is 1.59. The van der Waals surface area contributed by atoms with E-state index in [-0.39, 0.29) is 44.2 Å². The van der Waals surface area contributed by atoms with Gasteiger partial charge < -0.3 is 24.4 Å². The smallest absolute Gasteiger partial charge is 0.278 e. The van der Waals surface area contributed by atoms with Crippen molar-refractivity contribution in [1.29, 1.82) is 0 Å². The van der Waals surface area contributed by atoms with E-state index in [0.717, 1.165) is 12.1 Å². The van der Waals surface area contributed by atoms with E-state index >= 15 is 4.39 Å². The van der Waals surface area contributed by atoms with E-state index in [2.05, 4.69) is 0 Å². The van der Waals surface area contributed by atoms with Gasteiger partial charge in [-0.2, -0.15) is 0 Å². The lowest BCUT2D eigenvalue weighted by atomic mass is 9.92. The number of para-hydroxylation sites is 1. The van der Waals surface area contributed by atoms with Crippen LogP contribution in [0.1, 0.15) is 38.0 Å². The summed E-state index contributed by atoms with van der Waals surface area (Å²) in [6, 6.07) is 7.61. The van der Waals surface area contributed by atoms with Gasteiger partial charge in [0.2, 0.25) is 5.43 Å². The molecule has 10 nitrogen and oxygen atoms in total. The van der Waals surface area contributed by atoms with E-state index < -0.39 is 52.4 Å². The Morgan fingerprint density at radius 3 is 2.63 bits per heavy atom. The van der Waals surface area contributed by atoms with Crippen LogP contribution in [0.3, 0.4) is 0 Å². The van der Waals surface area contributed by atoms with Crippen molar-refractivity contribution in [1.82, 2.24) is 9.58 Å². The molecule has 0 aliphatic carbocycles. The van der Waals surface area contributed by atoms with E-state index in [9.17, 15) is 23.9 Å². The van der Waals surface area contributed by atoms with Crippen LogP contribution < -0.4 is 20.1 Å². The van der Waals surface area contributed by atoms with Gasteiger partial charge in [0.15, 0.2) is 23.1 Å². The molecule has 0 unspecified atom stereocenters. The van der Waals surface area contributed by atoms with Crippen molar-refractivity contribution >= 4 is 17.5 Å². The van der Waals surface area contributed by atoms with Crippen molar-refractivity contribution in [3.63, 3.8) is 0 Å². The fraction of sp³-hybridized carbons (Fsp3) is 0.269. The summed E-state index contributed by atoms with van der Waals surface area (Å²) in [5.74, 6) is -4.08. The van der Waals surface area contributed by atoms with E-state index in [0.29, 0.717) is 17.0 Å². The number of rotatable bonds is 1. The molecule has 0 radical (unpaired) electrons. The molecule has 1 saturated heterocycles. The average Bonchev–Trinajstić information content (AvgIpc) is 3.03. The Bertz CT molecular complexity index is 1610. The highest BCUT2D eigenvalue weighted by molar-refractivity contribution is 6.10. The first-order chi connectivity index (χ1) is 18.4. The third kappa shape index (κ3) is 2.91. The number of pyridine rings is 1. The number of anilines is 1. The normalized spacial score (nSPS) is 21.7. The van der Waals surface area contributed by atoms with Crippen molar-refractivity contribution < 1.29 is 33.0 Å². The highest BCUT2D eigenvalue weighted by Gasteiger charge is 2.48. The van der Waals surface area contributed by atoms with Crippen LogP contribution in [-0.4, -0.2) is 65.6 Å². The number of halogens is 2. The lowest BCUT2D eigenvalue weighted by molar-refractivity contribution is -0.0197. The second-order valence-corrected chi connectivity index (χ2v) is 9.38. The number of fused-ring (bicyclic) bond motifs is 3. The molecule has 4 aliphatic rings. The predicted molar refractivity (Wildman–Crippen MR) is 128 cm³/mol. The third-order valence-electron chi connectivity index (χ3n) is 7.49. The first-order valence-electron chi connectivity index (χ1n) is 12.1. The first kappa shape index (κ1) is 22.7. The van der Waals surface area contributed by atoms with Crippen molar-refractivity contribution in [2.75, 3.05) is 42.8 Å². The summed E-state index contributed by atoms with van der Waals surface area (Å²) in [7, 11) is 0. The lowest BCUT2D eigenvalue weighted by Crippen LogP contribution is -2.66. The average molecular weight is 522 g/mol. The lowest BCUT2D eigenvalue weighted by Gasteiger charge is -2.51. The van der Waals surface area contributed by atoms with Crippen LogP contribution >= 0.6 is 0 Å². The zero-order valence-corrected chi connectivity index (χ0v) is 19.8. The summed E-state index contributed by atoms with van der Waals surface area (Å²) in [5.41, 5.74) is -0.362. The molecule has 5 heterocycles. The van der Waals surface area contributed by atoms with E-state index in [1.54, 1.807) is 23.2 Å². The van der Waals surface area contributed by atoms with Crippen LogP contribution in [0.2, 0.25) is 0 Å². The van der Waals surface area contributed by atoms with Gasteiger partial charge in [0.25, 0.3) is 11.8 Å². The Morgan fingerprint density at radius 1 is 0.947 bits per heavy atom. The minimum Gasteiger partial charge on any atom is -0.502 e. The summed E-state index contributed by atoms with van der Waals surface area (Å²) >= 11 is 0. The summed E-state index contributed by atoms with van der Waals surface area (Å²) in [4.78, 5) is 42.4. The van der Waals surface area contributed by atoms with Gasteiger partial charge >= 0.3 is 0 Å². The number of hydrogen-bond acceptors (Lipinski definition) is 7. The molecule has 7 rings (SSSR count). The Hall–Kier alpha value is -4.45. The molecule has 2 atom stereocenters. The van der Waals surface area contributed by atoms with Gasteiger partial charge in [-0.1, -0.05) is 18.2 Å². The minimum atomic E-state index is -1.29. The number of nitrogens with zero attached hydrogens (tertiary/aromatic N) is 4. The maximum Gasteiger partial charge on any atom is 0.278 e. The number of hydrogen-bond donors (Lipinski definition) is 1. The Kier molecular flexibility index (Phi) is 4.80. The molecule has 0 saturated carbocycles. The molecule has 1 N–H and O–H groups in total. The highest BCUT2D eigenvalue weighted by Crippen LogP contribution is 2.48. The van der Waals surface area contributed by atoms with Crippen LogP contribution in [0.15, 0.2) is 47.4 Å². The molecule has 12 heteroatoms. The van der Waals surface area contributed by atoms with Gasteiger partial charge in [-0.05, 0) is 17.7 Å². The minimum absolute atomic E-state index is 0.0523. The maximum absolute atomic E-state index is 15.5. The number of aromatic hydroxyl groups is 1.